The second kappa shape index (κ2) is 11.2. The highest BCUT2D eigenvalue weighted by Crippen LogP contribution is 2.29. The molecule has 1 saturated heterocycles. The zero-order chi connectivity index (χ0) is 23.1. The van der Waals surface area contributed by atoms with Crippen LogP contribution in [-0.4, -0.2) is 52.0 Å². The maximum absolute atomic E-state index is 12.8. The van der Waals surface area contributed by atoms with E-state index in [4.69, 9.17) is 32.7 Å². The number of ether oxygens (including phenoxy) is 2. The minimum absolute atomic E-state index is 0.0974. The third-order valence-corrected chi connectivity index (χ3v) is 7.85. The molecule has 7 nitrogen and oxygen atoms in total. The zero-order valence-electron chi connectivity index (χ0n) is 17.7. The molecule has 0 saturated carbocycles. The van der Waals surface area contributed by atoms with Gasteiger partial charge in [-0.1, -0.05) is 41.4 Å². The van der Waals surface area contributed by atoms with Crippen molar-refractivity contribution in [3.8, 4) is 11.5 Å². The van der Waals surface area contributed by atoms with Crippen LogP contribution in [0.15, 0.2) is 42.5 Å². The number of methoxy groups -OCH3 is 1. The summed E-state index contributed by atoms with van der Waals surface area (Å²) in [6.45, 7) is 1.21. The highest BCUT2D eigenvalue weighted by atomic mass is 35.5. The first-order chi connectivity index (χ1) is 15.3. The van der Waals surface area contributed by atoms with Crippen LogP contribution in [0, 0.1) is 5.92 Å². The van der Waals surface area contributed by atoms with Crippen LogP contribution >= 0.6 is 23.2 Å². The van der Waals surface area contributed by atoms with E-state index in [1.165, 1.54) is 4.31 Å². The Labute approximate surface area is 198 Å². The largest absolute Gasteiger partial charge is 0.493 e. The third-order valence-electron chi connectivity index (χ3n) is 5.33. The number of hydrogen-bond acceptors (Lipinski definition) is 5. The van der Waals surface area contributed by atoms with E-state index in [9.17, 15) is 13.2 Å². The van der Waals surface area contributed by atoms with Crippen molar-refractivity contribution in [1.29, 1.82) is 0 Å². The van der Waals surface area contributed by atoms with Crippen LogP contribution in [0.2, 0.25) is 10.0 Å². The van der Waals surface area contributed by atoms with Crippen LogP contribution in [0.4, 0.5) is 0 Å². The van der Waals surface area contributed by atoms with Gasteiger partial charge in [0.15, 0.2) is 11.5 Å². The van der Waals surface area contributed by atoms with Gasteiger partial charge in [0.1, 0.15) is 6.61 Å². The van der Waals surface area contributed by atoms with Gasteiger partial charge in [0, 0.05) is 34.6 Å². The fourth-order valence-electron chi connectivity index (χ4n) is 3.56. The van der Waals surface area contributed by atoms with Gasteiger partial charge >= 0.3 is 0 Å². The summed E-state index contributed by atoms with van der Waals surface area (Å²) in [6.07, 6.45) is 0.906. The van der Waals surface area contributed by atoms with E-state index in [-0.39, 0.29) is 30.7 Å². The Morgan fingerprint density at radius 1 is 1.06 bits per heavy atom. The summed E-state index contributed by atoms with van der Waals surface area (Å²) in [5, 5.41) is 3.51. The number of amides is 1. The Morgan fingerprint density at radius 3 is 2.31 bits per heavy atom. The number of benzene rings is 2. The van der Waals surface area contributed by atoms with Crippen LogP contribution in [-0.2, 0) is 20.6 Å². The van der Waals surface area contributed by atoms with Gasteiger partial charge in [-0.3, -0.25) is 4.79 Å². The van der Waals surface area contributed by atoms with Crippen molar-refractivity contribution in [2.45, 2.75) is 18.6 Å². The van der Waals surface area contributed by atoms with Crippen molar-refractivity contribution in [1.82, 2.24) is 9.62 Å². The molecule has 0 unspecified atom stereocenters. The highest BCUT2D eigenvalue weighted by Gasteiger charge is 2.31. The molecule has 32 heavy (non-hydrogen) atoms. The van der Waals surface area contributed by atoms with E-state index in [0.29, 0.717) is 53.1 Å². The average molecular weight is 501 g/mol. The summed E-state index contributed by atoms with van der Waals surface area (Å²) in [5.41, 5.74) is 0.394. The van der Waals surface area contributed by atoms with Gasteiger partial charge in [-0.15, -0.1) is 0 Å². The first kappa shape index (κ1) is 24.6. The molecule has 1 heterocycles. The van der Waals surface area contributed by atoms with E-state index in [2.05, 4.69) is 5.32 Å². The Balaban J connectivity index is 1.45. The molecule has 1 N–H and O–H groups in total. The Kier molecular flexibility index (Phi) is 8.64. The number of piperidine rings is 1. The molecule has 2 aromatic carbocycles. The molecule has 3 rings (SSSR count). The van der Waals surface area contributed by atoms with Crippen molar-refractivity contribution in [3.05, 3.63) is 58.1 Å². The second-order valence-corrected chi connectivity index (χ2v) is 10.2. The van der Waals surface area contributed by atoms with Gasteiger partial charge in [-0.2, -0.15) is 0 Å². The Morgan fingerprint density at radius 2 is 1.69 bits per heavy atom. The first-order valence-corrected chi connectivity index (χ1v) is 12.6. The lowest BCUT2D eigenvalue weighted by atomic mass is 9.97. The molecule has 1 fully saturated rings. The molecule has 10 heteroatoms. The molecule has 1 aliphatic heterocycles. The molecule has 0 aromatic heterocycles. The van der Waals surface area contributed by atoms with Gasteiger partial charge in [-0.25, -0.2) is 12.7 Å². The fraction of sp³-hybridized carbons (Fsp3) is 0.409. The van der Waals surface area contributed by atoms with Crippen LogP contribution in [0.5, 0.6) is 11.5 Å². The normalized spacial score (nSPS) is 15.3. The number of carbonyl (C=O) groups is 1. The molecule has 0 spiro atoms. The van der Waals surface area contributed by atoms with Crippen LogP contribution in [0.1, 0.15) is 18.4 Å². The summed E-state index contributed by atoms with van der Waals surface area (Å²) in [7, 11) is -2.02. The molecule has 0 bridgehead atoms. The lowest BCUT2D eigenvalue weighted by Gasteiger charge is -2.30. The SMILES string of the molecule is COc1ccccc1OCCNC(=O)C1CCN(S(=O)(=O)Cc2c(Cl)cccc2Cl)CC1. The smallest absolute Gasteiger partial charge is 0.223 e. The van der Waals surface area contributed by atoms with Crippen LogP contribution in [0.25, 0.3) is 0 Å². The molecule has 1 amide bonds. The Hall–Kier alpha value is -2.00. The maximum atomic E-state index is 12.8. The number of nitrogens with one attached hydrogen (secondary N) is 1. The van der Waals surface area contributed by atoms with Crippen molar-refractivity contribution >= 4 is 39.1 Å². The standard InChI is InChI=1S/C22H26Cl2N2O5S/c1-30-20-7-2-3-8-21(20)31-14-11-25-22(27)16-9-12-26(13-10-16)32(28,29)15-17-18(23)5-4-6-19(17)24/h2-8,16H,9-15H2,1H3,(H,25,27). The molecule has 0 aliphatic carbocycles. The maximum Gasteiger partial charge on any atom is 0.223 e. The number of rotatable bonds is 9. The first-order valence-electron chi connectivity index (χ1n) is 10.3. The van der Waals surface area contributed by atoms with E-state index in [1.807, 2.05) is 12.1 Å². The minimum Gasteiger partial charge on any atom is -0.493 e. The van der Waals surface area contributed by atoms with Gasteiger partial charge in [0.25, 0.3) is 0 Å². The molecule has 174 valence electrons. The van der Waals surface area contributed by atoms with E-state index in [1.54, 1.807) is 37.4 Å². The van der Waals surface area contributed by atoms with E-state index in [0.717, 1.165) is 0 Å². The summed E-state index contributed by atoms with van der Waals surface area (Å²) >= 11 is 12.2. The van der Waals surface area contributed by atoms with Gasteiger partial charge in [-0.05, 0) is 37.1 Å². The van der Waals surface area contributed by atoms with Crippen molar-refractivity contribution in [3.63, 3.8) is 0 Å². The number of nitrogens with zero attached hydrogens (tertiary/aromatic N) is 1. The number of carbonyl (C=O) groups excluding carboxylic acids is 1. The molecule has 0 radical (unpaired) electrons. The van der Waals surface area contributed by atoms with Gasteiger partial charge < -0.3 is 14.8 Å². The fourth-order valence-corrected chi connectivity index (χ4v) is 5.87. The quantitative estimate of drug-likeness (QED) is 0.530. The molecule has 2 aromatic rings. The summed E-state index contributed by atoms with van der Waals surface area (Å²) in [4.78, 5) is 12.5. The van der Waals surface area contributed by atoms with Gasteiger partial charge in [0.05, 0.1) is 19.4 Å². The summed E-state index contributed by atoms with van der Waals surface area (Å²) < 4.78 is 37.9. The molecular formula is C22H26Cl2N2O5S. The number of hydrogen-bond donors (Lipinski definition) is 1. The summed E-state index contributed by atoms with van der Waals surface area (Å²) in [6, 6.07) is 12.2. The average Bonchev–Trinajstić information content (AvgIpc) is 2.79. The highest BCUT2D eigenvalue weighted by molar-refractivity contribution is 7.88. The number of sulfonamides is 1. The van der Waals surface area contributed by atoms with Crippen molar-refractivity contribution < 1.29 is 22.7 Å². The van der Waals surface area contributed by atoms with E-state index < -0.39 is 10.0 Å². The zero-order valence-corrected chi connectivity index (χ0v) is 20.0. The molecular weight excluding hydrogens is 475 g/mol. The third kappa shape index (κ3) is 6.28. The van der Waals surface area contributed by atoms with Crippen molar-refractivity contribution in [2.24, 2.45) is 5.92 Å². The number of halogens is 2. The Bertz CT molecular complexity index is 1020. The minimum atomic E-state index is -3.59. The van der Waals surface area contributed by atoms with E-state index >= 15 is 0 Å². The van der Waals surface area contributed by atoms with Crippen LogP contribution in [0.3, 0.4) is 0 Å². The predicted octanol–water partition coefficient (Wildman–Crippen LogP) is 3.74. The summed E-state index contributed by atoms with van der Waals surface area (Å²) in [5.74, 6) is 0.645. The molecule has 1 aliphatic rings. The second-order valence-electron chi connectivity index (χ2n) is 7.42. The van der Waals surface area contributed by atoms with Crippen molar-refractivity contribution in [2.75, 3.05) is 33.4 Å². The van der Waals surface area contributed by atoms with Crippen LogP contribution < -0.4 is 14.8 Å². The predicted molar refractivity (Wildman–Crippen MR) is 125 cm³/mol. The molecule has 0 atom stereocenters. The monoisotopic (exact) mass is 500 g/mol. The van der Waals surface area contributed by atoms with Gasteiger partial charge in [0.2, 0.25) is 15.9 Å². The topological polar surface area (TPSA) is 84.9 Å². The number of para-hydroxylation sites is 2. The lowest BCUT2D eigenvalue weighted by molar-refractivity contribution is -0.126. The lowest BCUT2D eigenvalue weighted by Crippen LogP contribution is -2.44.